The van der Waals surface area contributed by atoms with Gasteiger partial charge in [-0.2, -0.15) is 0 Å². The van der Waals surface area contributed by atoms with Gasteiger partial charge >= 0.3 is 0 Å². The number of hydrogen-bond donors (Lipinski definition) is 0. The zero-order chi connectivity index (χ0) is 44.8. The number of hydrogen-bond acceptors (Lipinski definition) is 2. The normalized spacial score (nSPS) is 14.2. The van der Waals surface area contributed by atoms with Crippen molar-refractivity contribution in [3.8, 4) is 27.9 Å². The predicted molar refractivity (Wildman–Crippen MR) is 284 cm³/mol. The average molecular weight is 866 g/mol. The Morgan fingerprint density at radius 1 is 0.279 bits per heavy atom. The maximum Gasteiger partial charge on any atom is 0.0727 e. The van der Waals surface area contributed by atoms with Crippen LogP contribution in [-0.4, -0.2) is 4.57 Å². The molecule has 12 aromatic rings. The zero-order valence-corrected chi connectivity index (χ0v) is 37.2. The van der Waals surface area contributed by atoms with E-state index in [1.165, 1.54) is 77.1 Å². The molecule has 2 aliphatic rings. The van der Waals surface area contributed by atoms with E-state index in [2.05, 4.69) is 275 Å². The van der Waals surface area contributed by atoms with Crippen molar-refractivity contribution in [1.29, 1.82) is 0 Å². The van der Waals surface area contributed by atoms with Crippen LogP contribution in [0.3, 0.4) is 0 Å². The van der Waals surface area contributed by atoms with E-state index in [0.29, 0.717) is 0 Å². The van der Waals surface area contributed by atoms with E-state index >= 15 is 0 Å². The second-order valence-corrected chi connectivity index (χ2v) is 18.0. The highest BCUT2D eigenvalue weighted by atomic mass is 15.2. The molecule has 68 heavy (non-hydrogen) atoms. The number of rotatable bonds is 7. The molecule has 1 atom stereocenters. The Morgan fingerprint density at radius 3 is 1.41 bits per heavy atom. The third-order valence-electron chi connectivity index (χ3n) is 14.5. The second-order valence-electron chi connectivity index (χ2n) is 18.0. The predicted octanol–water partition coefficient (Wildman–Crippen LogP) is 17.2. The van der Waals surface area contributed by atoms with Crippen LogP contribution in [0.5, 0.6) is 0 Å². The first-order valence-electron chi connectivity index (χ1n) is 23.5. The number of benzene rings is 11. The highest BCUT2D eigenvalue weighted by Crippen LogP contribution is 2.66. The smallest absolute Gasteiger partial charge is 0.0727 e. The molecule has 14 rings (SSSR count). The molecule has 1 heterocycles. The Labute approximate surface area is 395 Å². The Hall–Kier alpha value is -8.92. The van der Waals surface area contributed by atoms with Crippen LogP contribution < -0.4 is 9.80 Å². The highest BCUT2D eigenvalue weighted by molar-refractivity contribution is 6.14. The molecule has 1 unspecified atom stereocenters. The molecule has 0 bridgehead atoms. The van der Waals surface area contributed by atoms with Crippen molar-refractivity contribution in [3.05, 3.63) is 283 Å². The lowest BCUT2D eigenvalue weighted by atomic mass is 9.70. The Bertz CT molecular complexity index is 3870. The van der Waals surface area contributed by atoms with Gasteiger partial charge in [0.15, 0.2) is 0 Å². The van der Waals surface area contributed by atoms with Crippen LogP contribution in [0, 0.1) is 0 Å². The molecule has 3 heteroatoms. The van der Waals surface area contributed by atoms with Gasteiger partial charge in [-0.05, 0) is 123 Å². The summed E-state index contributed by atoms with van der Waals surface area (Å²) in [6, 6.07) is 96.1. The summed E-state index contributed by atoms with van der Waals surface area (Å²) in [5.74, 6) is 0. The number of fused-ring (bicyclic) bond motifs is 15. The monoisotopic (exact) mass is 865 g/mol. The minimum absolute atomic E-state index is 0.613. The van der Waals surface area contributed by atoms with Crippen LogP contribution in [0.2, 0.25) is 0 Å². The zero-order valence-electron chi connectivity index (χ0n) is 37.2. The summed E-state index contributed by atoms with van der Waals surface area (Å²) >= 11 is 0. The number of anilines is 6. The molecule has 2 aliphatic carbocycles. The van der Waals surface area contributed by atoms with Crippen LogP contribution in [0.1, 0.15) is 22.3 Å². The maximum absolute atomic E-state index is 2.53. The maximum atomic E-state index is 2.53. The summed E-state index contributed by atoms with van der Waals surface area (Å²) in [6.45, 7) is 0. The Balaban J connectivity index is 1.07. The molecule has 0 radical (unpaired) electrons. The van der Waals surface area contributed by atoms with Crippen LogP contribution in [0.25, 0.3) is 60.5 Å². The van der Waals surface area contributed by atoms with E-state index in [1.54, 1.807) is 0 Å². The lowest BCUT2D eigenvalue weighted by Crippen LogP contribution is -2.26. The van der Waals surface area contributed by atoms with Crippen molar-refractivity contribution in [2.75, 3.05) is 9.80 Å². The third kappa shape index (κ3) is 5.41. The summed E-state index contributed by atoms with van der Waals surface area (Å²) < 4.78 is 2.42. The molecule has 3 nitrogen and oxygen atoms in total. The Kier molecular flexibility index (Phi) is 8.50. The summed E-state index contributed by atoms with van der Waals surface area (Å²) in [6.07, 6.45) is 0. The van der Waals surface area contributed by atoms with E-state index in [1.807, 2.05) is 0 Å². The van der Waals surface area contributed by atoms with Gasteiger partial charge in [-0.15, -0.1) is 0 Å². The van der Waals surface area contributed by atoms with E-state index < -0.39 is 5.41 Å². The van der Waals surface area contributed by atoms with Gasteiger partial charge in [0.2, 0.25) is 0 Å². The summed E-state index contributed by atoms with van der Waals surface area (Å²) in [7, 11) is 0. The van der Waals surface area contributed by atoms with Gasteiger partial charge in [0, 0.05) is 50.2 Å². The standard InChI is InChI=1S/C65H43N3/c1-5-22-44(23-6-1)66(45-24-7-2-8-25-45)62-43-58-63(52-32-14-13-31-50(52)62)53-33-15-18-35-55(53)65(58)56-36-19-16-34-54(56)64-57(65)37-21-39-60(64)67(46-26-9-3-10-27-46)48-40-41-51-49-30-17-20-38-59(49)68(61(51)42-48)47-28-11-4-12-29-47/h1-43H. The molecule has 1 aromatic heterocycles. The fraction of sp³-hybridized carbons (Fsp3) is 0.0154. The highest BCUT2D eigenvalue weighted by Gasteiger charge is 2.53. The first-order chi connectivity index (χ1) is 33.8. The van der Waals surface area contributed by atoms with E-state index in [4.69, 9.17) is 0 Å². The summed E-state index contributed by atoms with van der Waals surface area (Å²) in [5.41, 5.74) is 19.9. The fourth-order valence-corrected chi connectivity index (χ4v) is 11.9. The molecule has 0 N–H and O–H groups in total. The van der Waals surface area contributed by atoms with E-state index in [0.717, 1.165) is 39.8 Å². The van der Waals surface area contributed by atoms with Gasteiger partial charge in [-0.3, -0.25) is 0 Å². The van der Waals surface area contributed by atoms with Gasteiger partial charge in [-0.25, -0.2) is 0 Å². The molecule has 0 saturated heterocycles. The molecular weight excluding hydrogens is 823 g/mol. The van der Waals surface area contributed by atoms with Crippen LogP contribution in [0.4, 0.5) is 34.1 Å². The van der Waals surface area contributed by atoms with Crippen LogP contribution in [-0.2, 0) is 5.41 Å². The lowest BCUT2D eigenvalue weighted by Gasteiger charge is -2.33. The van der Waals surface area contributed by atoms with Gasteiger partial charge in [0.25, 0.3) is 0 Å². The molecule has 0 amide bonds. The number of para-hydroxylation sites is 5. The van der Waals surface area contributed by atoms with Crippen LogP contribution in [0.15, 0.2) is 261 Å². The first kappa shape index (κ1) is 38.4. The van der Waals surface area contributed by atoms with Gasteiger partial charge in [0.05, 0.1) is 27.8 Å². The summed E-state index contributed by atoms with van der Waals surface area (Å²) in [4.78, 5) is 4.93. The lowest BCUT2D eigenvalue weighted by molar-refractivity contribution is 0.794. The van der Waals surface area contributed by atoms with E-state index in [-0.39, 0.29) is 0 Å². The minimum atomic E-state index is -0.613. The topological polar surface area (TPSA) is 11.4 Å². The quantitative estimate of drug-likeness (QED) is 0.158. The fourth-order valence-electron chi connectivity index (χ4n) is 11.9. The largest absolute Gasteiger partial charge is 0.310 e. The van der Waals surface area contributed by atoms with Crippen molar-refractivity contribution in [2.45, 2.75) is 5.41 Å². The van der Waals surface area contributed by atoms with Crippen LogP contribution >= 0.6 is 0 Å². The first-order valence-corrected chi connectivity index (χ1v) is 23.5. The molecule has 0 fully saturated rings. The van der Waals surface area contributed by atoms with Gasteiger partial charge < -0.3 is 14.4 Å². The molecule has 0 saturated carbocycles. The second kappa shape index (κ2) is 15.1. The molecule has 318 valence electrons. The molecular formula is C65H43N3. The SMILES string of the molecule is c1ccc(N(c2ccc3c4ccccc4n(-c4ccccc4)c3c2)c2cccc3c2-c2ccccc2C32c3ccccc3-c3c2cc(N(c2ccccc2)c2ccccc2)c2ccccc32)cc1. The molecule has 1 spiro atoms. The summed E-state index contributed by atoms with van der Waals surface area (Å²) in [5, 5.41) is 4.93. The minimum Gasteiger partial charge on any atom is -0.310 e. The van der Waals surface area contributed by atoms with Crippen molar-refractivity contribution < 1.29 is 0 Å². The van der Waals surface area contributed by atoms with Crippen molar-refractivity contribution in [1.82, 2.24) is 4.57 Å². The average Bonchev–Trinajstić information content (AvgIpc) is 4.02. The van der Waals surface area contributed by atoms with Crippen molar-refractivity contribution in [2.24, 2.45) is 0 Å². The molecule has 11 aromatic carbocycles. The third-order valence-corrected chi connectivity index (χ3v) is 14.5. The molecule has 0 aliphatic heterocycles. The van der Waals surface area contributed by atoms with Crippen molar-refractivity contribution in [3.63, 3.8) is 0 Å². The van der Waals surface area contributed by atoms with E-state index in [9.17, 15) is 0 Å². The number of aromatic nitrogens is 1. The van der Waals surface area contributed by atoms with Gasteiger partial charge in [0.1, 0.15) is 0 Å². The van der Waals surface area contributed by atoms with Crippen molar-refractivity contribution >= 4 is 66.7 Å². The number of nitrogens with zero attached hydrogens (tertiary/aromatic N) is 3. The van der Waals surface area contributed by atoms with Gasteiger partial charge in [-0.1, -0.05) is 182 Å². The Morgan fingerprint density at radius 2 is 0.765 bits per heavy atom.